The molecule has 5 heteroatoms. The van der Waals surface area contributed by atoms with Gasteiger partial charge in [-0.15, -0.1) is 17.9 Å². The lowest BCUT2D eigenvalue weighted by molar-refractivity contribution is 1.32. The van der Waals surface area contributed by atoms with Crippen molar-refractivity contribution in [3.05, 3.63) is 24.0 Å². The van der Waals surface area contributed by atoms with E-state index >= 15 is 0 Å². The van der Waals surface area contributed by atoms with E-state index in [4.69, 9.17) is 0 Å². The Morgan fingerprint density at radius 3 is 2.91 bits per heavy atom. The zero-order valence-corrected chi connectivity index (χ0v) is 10.5. The summed E-state index contributed by atoms with van der Waals surface area (Å²) < 4.78 is 0. The molecule has 1 heterocycles. The van der Waals surface area contributed by atoms with Crippen LogP contribution in [-0.4, -0.2) is 4.98 Å². The van der Waals surface area contributed by atoms with Crippen LogP contribution in [0, 0.1) is 6.92 Å². The molecule has 60 valence electrons. The van der Waals surface area contributed by atoms with Crippen molar-refractivity contribution in [3.63, 3.8) is 0 Å². The molecule has 0 saturated carbocycles. The summed E-state index contributed by atoms with van der Waals surface area (Å²) in [6, 6.07) is 2.07. The number of hydrogen-bond donors (Lipinski definition) is 0. The minimum atomic E-state index is -0.0494. The molecule has 0 fully saturated rings. The van der Waals surface area contributed by atoms with Crippen molar-refractivity contribution >= 4 is 38.4 Å². The van der Waals surface area contributed by atoms with Gasteiger partial charge in [-0.3, -0.25) is 4.98 Å². The van der Waals surface area contributed by atoms with Gasteiger partial charge in [-0.2, -0.15) is 0 Å². The summed E-state index contributed by atoms with van der Waals surface area (Å²) >= 11 is 0. The van der Waals surface area contributed by atoms with Crippen LogP contribution < -0.4 is 5.30 Å². The molecule has 0 amide bonds. The van der Waals surface area contributed by atoms with E-state index < -0.39 is 0 Å². The van der Waals surface area contributed by atoms with E-state index in [9.17, 15) is 0 Å². The van der Waals surface area contributed by atoms with Crippen molar-refractivity contribution < 1.29 is 0 Å². The van der Waals surface area contributed by atoms with E-state index in [2.05, 4.69) is 35.8 Å². The summed E-state index contributed by atoms with van der Waals surface area (Å²) in [5, 5.41) is 1.40. The van der Waals surface area contributed by atoms with Gasteiger partial charge in [0.2, 0.25) is 0 Å². The lowest BCUT2D eigenvalue weighted by atomic mass is 10.3. The third-order valence-electron chi connectivity index (χ3n) is 1.41. The van der Waals surface area contributed by atoms with Crippen LogP contribution in [0.4, 0.5) is 0 Å². The number of pyridine rings is 1. The molecule has 0 aliphatic carbocycles. The highest BCUT2D eigenvalue weighted by atomic mass is 32.6. The van der Waals surface area contributed by atoms with Gasteiger partial charge in [-0.25, -0.2) is 0 Å². The minimum Gasteiger partial charge on any atom is -0.264 e. The van der Waals surface area contributed by atoms with Crippen LogP contribution in [0.2, 0.25) is 0 Å². The molecule has 1 nitrogen and oxygen atoms in total. The fourth-order valence-corrected chi connectivity index (χ4v) is 4.74. The third kappa shape index (κ3) is 2.68. The molecule has 0 aromatic carbocycles. The summed E-state index contributed by atoms with van der Waals surface area (Å²) in [4.78, 5) is 4.11. The van der Waals surface area contributed by atoms with Crippen LogP contribution in [0.1, 0.15) is 5.56 Å². The first kappa shape index (κ1) is 9.95. The summed E-state index contributed by atoms with van der Waals surface area (Å²) in [6.07, 6.45) is 3.82. The summed E-state index contributed by atoms with van der Waals surface area (Å²) in [5.74, 6) is 0. The number of hydrogen-bond acceptors (Lipinski definition) is 1. The second-order valence-corrected chi connectivity index (χ2v) is 11.3. The van der Waals surface area contributed by atoms with E-state index in [0.717, 1.165) is 7.96 Å². The van der Waals surface area contributed by atoms with Crippen molar-refractivity contribution in [1.29, 1.82) is 0 Å². The quantitative estimate of drug-likeness (QED) is 0.699. The van der Waals surface area contributed by atoms with Crippen LogP contribution in [0.25, 0.3) is 0 Å². The molecular weight excluding hydrogens is 210 g/mol. The summed E-state index contributed by atoms with van der Waals surface area (Å²) in [6.45, 7) is 2.14. The van der Waals surface area contributed by atoms with Gasteiger partial charge in [0.15, 0.2) is 0 Å². The zero-order chi connectivity index (χ0) is 8.27. The molecule has 0 saturated heterocycles. The van der Waals surface area contributed by atoms with Crippen LogP contribution >= 0.6 is 33.1 Å². The van der Waals surface area contributed by atoms with Crippen molar-refractivity contribution in [1.82, 2.24) is 4.98 Å². The molecule has 4 atom stereocenters. The summed E-state index contributed by atoms with van der Waals surface area (Å²) in [5.41, 5.74) is 1.36. The second-order valence-electron chi connectivity index (χ2n) is 2.16. The van der Waals surface area contributed by atoms with E-state index in [0.29, 0.717) is 0 Å². The number of aromatic nitrogens is 1. The van der Waals surface area contributed by atoms with Crippen molar-refractivity contribution in [2.45, 2.75) is 6.92 Å². The standard InChI is InChI=1S/C6H11NP4/c1-5-2-3-7-4-6(5)11(9)10-8/h2-4,10H,8-9H2,1H3. The SMILES string of the molecule is Cc1ccncc1P(P)PP. The van der Waals surface area contributed by atoms with Crippen LogP contribution in [-0.2, 0) is 0 Å². The Hall–Kier alpha value is 0.870. The predicted molar refractivity (Wildman–Crippen MR) is 63.3 cm³/mol. The first-order valence-corrected chi connectivity index (χ1v) is 9.78. The Balaban J connectivity index is 2.93. The predicted octanol–water partition coefficient (Wildman–Crippen LogP) is 2.67. The molecule has 0 bridgehead atoms. The Bertz CT molecular complexity index is 240. The number of aryl methyl sites for hydroxylation is 1. The zero-order valence-electron chi connectivity index (χ0n) is 6.28. The minimum absolute atomic E-state index is 0.0494. The van der Waals surface area contributed by atoms with E-state index in [1.807, 2.05) is 12.4 Å². The molecule has 11 heavy (non-hydrogen) atoms. The molecule has 0 aliphatic heterocycles. The van der Waals surface area contributed by atoms with Crippen LogP contribution in [0.5, 0.6) is 0 Å². The highest BCUT2D eigenvalue weighted by Crippen LogP contribution is 2.64. The van der Waals surface area contributed by atoms with Gasteiger partial charge in [0.1, 0.15) is 0 Å². The fourth-order valence-electron chi connectivity index (χ4n) is 0.777. The first-order valence-electron chi connectivity index (χ1n) is 3.17. The molecular formula is C6H11NP4. The molecule has 4 unspecified atom stereocenters. The van der Waals surface area contributed by atoms with Gasteiger partial charge >= 0.3 is 0 Å². The van der Waals surface area contributed by atoms with Crippen molar-refractivity contribution in [2.24, 2.45) is 0 Å². The van der Waals surface area contributed by atoms with Gasteiger partial charge in [0.25, 0.3) is 0 Å². The highest BCUT2D eigenvalue weighted by Gasteiger charge is 2.04. The van der Waals surface area contributed by atoms with Crippen molar-refractivity contribution in [2.75, 3.05) is 0 Å². The topological polar surface area (TPSA) is 12.9 Å². The molecule has 1 rings (SSSR count). The van der Waals surface area contributed by atoms with E-state index in [1.165, 1.54) is 10.9 Å². The van der Waals surface area contributed by atoms with Crippen LogP contribution in [0.15, 0.2) is 18.5 Å². The molecule has 0 radical (unpaired) electrons. The maximum Gasteiger partial charge on any atom is 0.0354 e. The molecule has 0 aliphatic rings. The second kappa shape index (κ2) is 4.79. The van der Waals surface area contributed by atoms with Gasteiger partial charge in [-0.05, 0) is 25.9 Å². The maximum atomic E-state index is 4.11. The van der Waals surface area contributed by atoms with E-state index in [1.54, 1.807) is 0 Å². The average Bonchev–Trinajstić information content (AvgIpc) is 2.04. The van der Waals surface area contributed by atoms with Gasteiger partial charge in [-0.1, -0.05) is 7.96 Å². The van der Waals surface area contributed by atoms with Gasteiger partial charge in [0, 0.05) is 17.7 Å². The maximum absolute atomic E-state index is 4.11. The van der Waals surface area contributed by atoms with Gasteiger partial charge < -0.3 is 0 Å². The smallest absolute Gasteiger partial charge is 0.0354 e. The molecule has 1 aromatic rings. The summed E-state index contributed by atoms with van der Waals surface area (Å²) in [7, 11) is 6.56. The number of rotatable bonds is 2. The third-order valence-corrected chi connectivity index (χ3v) is 11.6. The Morgan fingerprint density at radius 2 is 2.36 bits per heavy atom. The fraction of sp³-hybridized carbons (Fsp3) is 0.167. The van der Waals surface area contributed by atoms with E-state index in [-0.39, 0.29) is 7.30 Å². The Labute approximate surface area is 74.8 Å². The largest absolute Gasteiger partial charge is 0.264 e. The average molecular weight is 221 g/mol. The Kier molecular flexibility index (Phi) is 4.33. The first-order chi connectivity index (χ1) is 5.25. The monoisotopic (exact) mass is 221 g/mol. The Morgan fingerprint density at radius 1 is 1.64 bits per heavy atom. The highest BCUT2D eigenvalue weighted by molar-refractivity contribution is 8.63. The molecule has 0 spiro atoms. The lowest BCUT2D eigenvalue weighted by Crippen LogP contribution is -2.00. The van der Waals surface area contributed by atoms with Gasteiger partial charge in [0.05, 0.1) is 0 Å². The number of nitrogens with zero attached hydrogens (tertiary/aromatic N) is 1. The normalized spacial score (nSPS) is 14.1. The molecule has 1 aromatic heterocycles. The van der Waals surface area contributed by atoms with Crippen LogP contribution in [0.3, 0.4) is 0 Å². The van der Waals surface area contributed by atoms with Crippen molar-refractivity contribution in [3.8, 4) is 0 Å². The molecule has 0 N–H and O–H groups in total. The lowest BCUT2D eigenvalue weighted by Gasteiger charge is -2.10.